The molecular weight excluding hydrogens is 296 g/mol. The summed E-state index contributed by atoms with van der Waals surface area (Å²) in [7, 11) is 0. The van der Waals surface area contributed by atoms with Gasteiger partial charge in [-0.3, -0.25) is 9.59 Å². The minimum Gasteiger partial charge on any atom is -0.352 e. The Bertz CT molecular complexity index is 498. The zero-order chi connectivity index (χ0) is 16.7. The average molecular weight is 322 g/mol. The van der Waals surface area contributed by atoms with E-state index in [1.54, 1.807) is 16.7 Å². The van der Waals surface area contributed by atoms with E-state index in [1.807, 2.05) is 45.0 Å². The van der Waals surface area contributed by atoms with E-state index in [2.05, 4.69) is 19.2 Å². The number of carbonyl (C=O) groups excluding carboxylic acids is 2. The third-order valence-electron chi connectivity index (χ3n) is 2.93. The molecule has 1 aromatic rings. The second kappa shape index (κ2) is 8.83. The third kappa shape index (κ3) is 6.10. The van der Waals surface area contributed by atoms with E-state index in [4.69, 9.17) is 0 Å². The van der Waals surface area contributed by atoms with Gasteiger partial charge in [-0.2, -0.15) is 0 Å². The highest BCUT2D eigenvalue weighted by molar-refractivity contribution is 7.99. The molecule has 22 heavy (non-hydrogen) atoms. The fraction of sp³-hybridized carbons (Fsp3) is 0.529. The Kier molecular flexibility index (Phi) is 7.45. The van der Waals surface area contributed by atoms with Gasteiger partial charge in [-0.05, 0) is 45.0 Å². The summed E-state index contributed by atoms with van der Waals surface area (Å²) in [5.74, 6) is -0.236. The summed E-state index contributed by atoms with van der Waals surface area (Å²) in [5, 5.41) is 3.32. The molecule has 1 rings (SSSR count). The van der Waals surface area contributed by atoms with Crippen molar-refractivity contribution in [1.82, 2.24) is 10.2 Å². The van der Waals surface area contributed by atoms with Gasteiger partial charge in [0.2, 0.25) is 5.91 Å². The fourth-order valence-corrected chi connectivity index (χ4v) is 2.84. The number of hydrogen-bond acceptors (Lipinski definition) is 3. The molecule has 0 fully saturated rings. The van der Waals surface area contributed by atoms with Crippen molar-refractivity contribution in [3.63, 3.8) is 0 Å². The molecule has 0 aliphatic carbocycles. The SMILES string of the molecule is CCN(CC(=O)NC(C)C)C(=O)c1ccc(SC(C)C)cc1. The number of amides is 2. The highest BCUT2D eigenvalue weighted by Crippen LogP contribution is 2.23. The maximum absolute atomic E-state index is 12.5. The van der Waals surface area contributed by atoms with Crippen LogP contribution in [0.3, 0.4) is 0 Å². The topological polar surface area (TPSA) is 49.4 Å². The largest absolute Gasteiger partial charge is 0.352 e. The molecule has 0 saturated heterocycles. The van der Waals surface area contributed by atoms with E-state index in [9.17, 15) is 9.59 Å². The number of nitrogens with one attached hydrogen (secondary N) is 1. The second-order valence-corrected chi connectivity index (χ2v) is 7.38. The standard InChI is InChI=1S/C17H26N2O2S/c1-6-19(11-16(20)18-12(2)3)17(21)14-7-9-15(10-8-14)22-13(4)5/h7-10,12-13H,6,11H2,1-5H3,(H,18,20). The lowest BCUT2D eigenvalue weighted by atomic mass is 10.2. The monoisotopic (exact) mass is 322 g/mol. The summed E-state index contributed by atoms with van der Waals surface area (Å²) in [5.41, 5.74) is 0.618. The lowest BCUT2D eigenvalue weighted by Gasteiger charge is -2.21. The van der Waals surface area contributed by atoms with Gasteiger partial charge in [0.25, 0.3) is 5.91 Å². The van der Waals surface area contributed by atoms with Gasteiger partial charge in [0.05, 0.1) is 6.54 Å². The van der Waals surface area contributed by atoms with Crippen LogP contribution in [0.15, 0.2) is 29.2 Å². The van der Waals surface area contributed by atoms with E-state index in [0.29, 0.717) is 17.4 Å². The molecule has 1 aromatic carbocycles. The van der Waals surface area contributed by atoms with Crippen molar-refractivity contribution in [2.24, 2.45) is 0 Å². The van der Waals surface area contributed by atoms with E-state index in [0.717, 1.165) is 4.90 Å². The lowest BCUT2D eigenvalue weighted by molar-refractivity contribution is -0.122. The zero-order valence-corrected chi connectivity index (χ0v) is 14.9. The van der Waals surface area contributed by atoms with Crippen LogP contribution < -0.4 is 5.32 Å². The molecule has 0 spiro atoms. The molecule has 0 aromatic heterocycles. The van der Waals surface area contributed by atoms with Crippen LogP contribution in [0, 0.1) is 0 Å². The first-order valence-corrected chi connectivity index (χ1v) is 8.56. The number of carbonyl (C=O) groups is 2. The summed E-state index contributed by atoms with van der Waals surface area (Å²) in [6.45, 7) is 10.6. The quantitative estimate of drug-likeness (QED) is 0.784. The van der Waals surface area contributed by atoms with Crippen molar-refractivity contribution in [1.29, 1.82) is 0 Å². The molecule has 2 amide bonds. The molecule has 122 valence electrons. The first-order valence-electron chi connectivity index (χ1n) is 7.68. The number of thioether (sulfide) groups is 1. The number of rotatable bonds is 7. The highest BCUT2D eigenvalue weighted by atomic mass is 32.2. The lowest BCUT2D eigenvalue weighted by Crippen LogP contribution is -2.42. The maximum atomic E-state index is 12.5. The van der Waals surface area contributed by atoms with Crippen LogP contribution in [0.1, 0.15) is 45.0 Å². The summed E-state index contributed by atoms with van der Waals surface area (Å²) in [6.07, 6.45) is 0. The van der Waals surface area contributed by atoms with Gasteiger partial charge >= 0.3 is 0 Å². The van der Waals surface area contributed by atoms with Crippen LogP contribution in [0.4, 0.5) is 0 Å². The van der Waals surface area contributed by atoms with Crippen LogP contribution in [0.25, 0.3) is 0 Å². The summed E-state index contributed by atoms with van der Waals surface area (Å²) in [4.78, 5) is 27.0. The zero-order valence-electron chi connectivity index (χ0n) is 14.1. The number of hydrogen-bond donors (Lipinski definition) is 1. The maximum Gasteiger partial charge on any atom is 0.254 e. The summed E-state index contributed by atoms with van der Waals surface area (Å²) >= 11 is 1.76. The molecule has 5 heteroatoms. The minimum absolute atomic E-state index is 0.0775. The number of likely N-dealkylation sites (N-methyl/N-ethyl adjacent to an activating group) is 1. The fourth-order valence-electron chi connectivity index (χ4n) is 2.00. The van der Waals surface area contributed by atoms with Gasteiger partial charge in [-0.25, -0.2) is 0 Å². The molecule has 0 aliphatic rings. The Morgan fingerprint density at radius 1 is 1.14 bits per heavy atom. The molecule has 0 unspecified atom stereocenters. The van der Waals surface area contributed by atoms with Gasteiger partial charge in [0.15, 0.2) is 0 Å². The normalized spacial score (nSPS) is 10.9. The molecule has 4 nitrogen and oxygen atoms in total. The van der Waals surface area contributed by atoms with Crippen LogP contribution in [-0.4, -0.2) is 41.1 Å². The van der Waals surface area contributed by atoms with Crippen LogP contribution >= 0.6 is 11.8 Å². The highest BCUT2D eigenvalue weighted by Gasteiger charge is 2.17. The van der Waals surface area contributed by atoms with Crippen molar-refractivity contribution in [2.45, 2.75) is 50.8 Å². The Balaban J connectivity index is 2.72. The van der Waals surface area contributed by atoms with Gasteiger partial charge in [0, 0.05) is 28.3 Å². The first kappa shape index (κ1) is 18.6. The number of nitrogens with zero attached hydrogens (tertiary/aromatic N) is 1. The van der Waals surface area contributed by atoms with Crippen LogP contribution in [0.5, 0.6) is 0 Å². The van der Waals surface area contributed by atoms with Gasteiger partial charge in [0.1, 0.15) is 0 Å². The van der Waals surface area contributed by atoms with E-state index >= 15 is 0 Å². The van der Waals surface area contributed by atoms with Gasteiger partial charge in [-0.15, -0.1) is 11.8 Å². The smallest absolute Gasteiger partial charge is 0.254 e. The second-order valence-electron chi connectivity index (χ2n) is 5.73. The molecule has 0 radical (unpaired) electrons. The third-order valence-corrected chi connectivity index (χ3v) is 3.94. The van der Waals surface area contributed by atoms with E-state index < -0.39 is 0 Å². The van der Waals surface area contributed by atoms with E-state index in [1.165, 1.54) is 0 Å². The van der Waals surface area contributed by atoms with Crippen molar-refractivity contribution >= 4 is 23.6 Å². The van der Waals surface area contributed by atoms with Crippen molar-refractivity contribution in [2.75, 3.05) is 13.1 Å². The van der Waals surface area contributed by atoms with E-state index in [-0.39, 0.29) is 24.4 Å². The molecular formula is C17H26N2O2S. The van der Waals surface area contributed by atoms with Crippen molar-refractivity contribution in [3.8, 4) is 0 Å². The van der Waals surface area contributed by atoms with Crippen molar-refractivity contribution < 1.29 is 9.59 Å². The Morgan fingerprint density at radius 3 is 2.18 bits per heavy atom. The molecule has 1 N–H and O–H groups in total. The predicted molar refractivity (Wildman–Crippen MR) is 92.3 cm³/mol. The molecule has 0 saturated carbocycles. The molecule has 0 bridgehead atoms. The number of benzene rings is 1. The van der Waals surface area contributed by atoms with Crippen molar-refractivity contribution in [3.05, 3.63) is 29.8 Å². The summed E-state index contributed by atoms with van der Waals surface area (Å²) < 4.78 is 0. The predicted octanol–water partition coefficient (Wildman–Crippen LogP) is 3.17. The van der Waals surface area contributed by atoms with Crippen LogP contribution in [0.2, 0.25) is 0 Å². The Hall–Kier alpha value is -1.49. The van der Waals surface area contributed by atoms with Gasteiger partial charge < -0.3 is 10.2 Å². The Labute approximate surface area is 137 Å². The van der Waals surface area contributed by atoms with Gasteiger partial charge in [-0.1, -0.05) is 13.8 Å². The average Bonchev–Trinajstić information content (AvgIpc) is 2.43. The summed E-state index contributed by atoms with van der Waals surface area (Å²) in [6, 6.07) is 7.65. The van der Waals surface area contributed by atoms with Crippen LogP contribution in [-0.2, 0) is 4.79 Å². The molecule has 0 aliphatic heterocycles. The molecule has 0 heterocycles. The Morgan fingerprint density at radius 2 is 1.73 bits per heavy atom. The molecule has 0 atom stereocenters. The first-order chi connectivity index (χ1) is 10.3. The minimum atomic E-state index is -0.128.